The highest BCUT2D eigenvalue weighted by Gasteiger charge is 2.19. The van der Waals surface area contributed by atoms with Crippen LogP contribution in [0.25, 0.3) is 6.08 Å². The summed E-state index contributed by atoms with van der Waals surface area (Å²) in [5, 5.41) is 8.39. The Balaban J connectivity index is 1.48. The van der Waals surface area contributed by atoms with Crippen LogP contribution in [-0.2, 0) is 9.59 Å². The van der Waals surface area contributed by atoms with Gasteiger partial charge < -0.3 is 25.4 Å². The largest absolute Gasteiger partial charge is 0.497 e. The molecule has 0 aromatic heterocycles. The molecule has 0 aliphatic carbocycles. The van der Waals surface area contributed by atoms with E-state index in [1.165, 1.54) is 24.9 Å². The summed E-state index contributed by atoms with van der Waals surface area (Å²) in [7, 11) is 3.07. The van der Waals surface area contributed by atoms with Crippen molar-refractivity contribution in [3.8, 4) is 11.5 Å². The minimum absolute atomic E-state index is 0.0150. The Labute approximate surface area is 259 Å². The van der Waals surface area contributed by atoms with Crippen molar-refractivity contribution in [3.63, 3.8) is 0 Å². The van der Waals surface area contributed by atoms with Crippen molar-refractivity contribution >= 4 is 58.5 Å². The number of amides is 3. The number of carbonyl (C=O) groups is 3. The van der Waals surface area contributed by atoms with Gasteiger partial charge in [-0.15, -0.1) is 11.8 Å². The lowest BCUT2D eigenvalue weighted by molar-refractivity contribution is -0.115. The third kappa shape index (κ3) is 8.64. The van der Waals surface area contributed by atoms with Gasteiger partial charge in [-0.3, -0.25) is 14.4 Å². The first-order valence-corrected chi connectivity index (χ1v) is 14.5. The number of thioether (sulfide) groups is 1. The summed E-state index contributed by atoms with van der Waals surface area (Å²) >= 11 is 7.65. The van der Waals surface area contributed by atoms with Crippen LogP contribution < -0.4 is 25.4 Å². The van der Waals surface area contributed by atoms with Crippen LogP contribution in [0.15, 0.2) is 108 Å². The SMILES string of the molecule is COc1ccc(NC(=O)C(C)Sc2cccc(NC(=O)/C(=C\c3ccccc3Cl)NC(=O)c3ccccc3)c2)c(OC)c1. The molecule has 1 unspecified atom stereocenters. The first-order valence-electron chi connectivity index (χ1n) is 13.2. The number of rotatable bonds is 11. The summed E-state index contributed by atoms with van der Waals surface area (Å²) in [6.07, 6.45) is 1.52. The van der Waals surface area contributed by atoms with Gasteiger partial charge in [0, 0.05) is 27.2 Å². The van der Waals surface area contributed by atoms with E-state index in [-0.39, 0.29) is 11.6 Å². The molecule has 0 aliphatic rings. The molecule has 0 bridgehead atoms. The molecule has 0 heterocycles. The van der Waals surface area contributed by atoms with Crippen LogP contribution in [0.4, 0.5) is 11.4 Å². The van der Waals surface area contributed by atoms with Crippen molar-refractivity contribution in [3.05, 3.63) is 119 Å². The first-order chi connectivity index (χ1) is 20.8. The van der Waals surface area contributed by atoms with Crippen molar-refractivity contribution in [2.24, 2.45) is 0 Å². The molecule has 3 amide bonds. The number of methoxy groups -OCH3 is 2. The Hall–Kier alpha value is -4.73. The van der Waals surface area contributed by atoms with E-state index >= 15 is 0 Å². The van der Waals surface area contributed by atoms with Crippen LogP contribution in [0.5, 0.6) is 11.5 Å². The Morgan fingerprint density at radius 2 is 1.58 bits per heavy atom. The molecule has 0 saturated heterocycles. The molecule has 1 atom stereocenters. The van der Waals surface area contributed by atoms with Crippen LogP contribution in [0.3, 0.4) is 0 Å². The van der Waals surface area contributed by atoms with E-state index in [2.05, 4.69) is 16.0 Å². The van der Waals surface area contributed by atoms with Crippen LogP contribution >= 0.6 is 23.4 Å². The molecule has 0 spiro atoms. The highest BCUT2D eigenvalue weighted by Crippen LogP contribution is 2.31. The highest BCUT2D eigenvalue weighted by atomic mass is 35.5. The number of ether oxygens (including phenoxy) is 2. The lowest BCUT2D eigenvalue weighted by Gasteiger charge is -2.16. The number of nitrogens with one attached hydrogen (secondary N) is 3. The predicted octanol–water partition coefficient (Wildman–Crippen LogP) is 6.89. The fourth-order valence-corrected chi connectivity index (χ4v) is 5.05. The highest BCUT2D eigenvalue weighted by molar-refractivity contribution is 8.00. The number of benzene rings is 4. The monoisotopic (exact) mass is 615 g/mol. The second kappa shape index (κ2) is 14.9. The smallest absolute Gasteiger partial charge is 0.272 e. The topological polar surface area (TPSA) is 106 Å². The summed E-state index contributed by atoms with van der Waals surface area (Å²) in [5.41, 5.74) is 2.00. The molecule has 0 fully saturated rings. The van der Waals surface area contributed by atoms with E-state index in [9.17, 15) is 14.4 Å². The first kappa shape index (κ1) is 31.2. The van der Waals surface area contributed by atoms with E-state index < -0.39 is 17.1 Å². The minimum Gasteiger partial charge on any atom is -0.497 e. The Morgan fingerprint density at radius 1 is 0.837 bits per heavy atom. The van der Waals surface area contributed by atoms with Gasteiger partial charge >= 0.3 is 0 Å². The second-order valence-electron chi connectivity index (χ2n) is 9.20. The van der Waals surface area contributed by atoms with Crippen LogP contribution in [0.1, 0.15) is 22.8 Å². The zero-order valence-electron chi connectivity index (χ0n) is 23.7. The lowest BCUT2D eigenvalue weighted by atomic mass is 10.1. The molecular weight excluding hydrogens is 586 g/mol. The molecule has 8 nitrogen and oxygen atoms in total. The van der Waals surface area contributed by atoms with Gasteiger partial charge in [0.05, 0.1) is 25.2 Å². The van der Waals surface area contributed by atoms with Gasteiger partial charge in [0.15, 0.2) is 0 Å². The van der Waals surface area contributed by atoms with Gasteiger partial charge in [0.1, 0.15) is 17.2 Å². The fourth-order valence-electron chi connectivity index (χ4n) is 3.93. The van der Waals surface area contributed by atoms with Crippen LogP contribution in [0.2, 0.25) is 5.02 Å². The number of carbonyl (C=O) groups excluding carboxylic acids is 3. The van der Waals surface area contributed by atoms with E-state index in [0.717, 1.165) is 4.90 Å². The maximum Gasteiger partial charge on any atom is 0.272 e. The summed E-state index contributed by atoms with van der Waals surface area (Å²) < 4.78 is 10.6. The molecule has 3 N–H and O–H groups in total. The van der Waals surface area contributed by atoms with Gasteiger partial charge in [0.2, 0.25) is 5.91 Å². The molecular formula is C33H30ClN3O5S. The molecule has 43 heavy (non-hydrogen) atoms. The van der Waals surface area contributed by atoms with Crippen molar-refractivity contribution in [2.45, 2.75) is 17.1 Å². The average Bonchev–Trinajstić information content (AvgIpc) is 3.02. The third-order valence-corrected chi connectivity index (χ3v) is 7.61. The standard InChI is InChI=1S/C33H30ClN3O5S/c1-21(31(38)36-28-17-16-25(41-2)20-30(28)42-3)43-26-14-9-13-24(19-26)35-33(40)29(18-23-12-7-8-15-27(23)34)37-32(39)22-10-5-4-6-11-22/h4-21H,1-3H3,(H,35,40)(H,36,38)(H,37,39)/b29-18+. The molecule has 0 aliphatic heterocycles. The number of hydrogen-bond acceptors (Lipinski definition) is 6. The Kier molecular flexibility index (Phi) is 10.9. The zero-order valence-corrected chi connectivity index (χ0v) is 25.3. The zero-order chi connectivity index (χ0) is 30.8. The molecule has 0 saturated carbocycles. The molecule has 4 aromatic carbocycles. The minimum atomic E-state index is -0.538. The van der Waals surface area contributed by atoms with Gasteiger partial charge in [-0.05, 0) is 67.1 Å². The van der Waals surface area contributed by atoms with E-state index in [1.807, 2.05) is 6.07 Å². The van der Waals surface area contributed by atoms with Gasteiger partial charge in [0.25, 0.3) is 11.8 Å². The van der Waals surface area contributed by atoms with E-state index in [4.69, 9.17) is 21.1 Å². The quantitative estimate of drug-likeness (QED) is 0.125. The fraction of sp³-hybridized carbons (Fsp3) is 0.121. The maximum absolute atomic E-state index is 13.4. The summed E-state index contributed by atoms with van der Waals surface area (Å²) in [5.74, 6) is -0.109. The van der Waals surface area contributed by atoms with Crippen molar-refractivity contribution in [2.75, 3.05) is 24.9 Å². The van der Waals surface area contributed by atoms with Crippen molar-refractivity contribution < 1.29 is 23.9 Å². The molecule has 10 heteroatoms. The number of halogens is 1. The van der Waals surface area contributed by atoms with Gasteiger partial charge in [-0.2, -0.15) is 0 Å². The number of hydrogen-bond donors (Lipinski definition) is 3. The normalized spacial score (nSPS) is 11.7. The summed E-state index contributed by atoms with van der Waals surface area (Å²) in [6, 6.07) is 27.8. The Morgan fingerprint density at radius 3 is 2.30 bits per heavy atom. The number of anilines is 2. The van der Waals surface area contributed by atoms with Crippen LogP contribution in [0, 0.1) is 0 Å². The van der Waals surface area contributed by atoms with Gasteiger partial charge in [-0.25, -0.2) is 0 Å². The molecule has 4 rings (SSSR count). The summed E-state index contributed by atoms with van der Waals surface area (Å²) in [4.78, 5) is 40.0. The Bertz CT molecular complexity index is 1640. The van der Waals surface area contributed by atoms with Crippen molar-refractivity contribution in [1.29, 1.82) is 0 Å². The molecule has 4 aromatic rings. The van der Waals surface area contributed by atoms with Crippen molar-refractivity contribution in [1.82, 2.24) is 5.32 Å². The molecule has 0 radical (unpaired) electrons. The lowest BCUT2D eigenvalue weighted by Crippen LogP contribution is -2.30. The maximum atomic E-state index is 13.4. The molecule has 220 valence electrons. The van der Waals surface area contributed by atoms with Gasteiger partial charge in [-0.1, -0.05) is 54.1 Å². The second-order valence-corrected chi connectivity index (χ2v) is 11.0. The van der Waals surface area contributed by atoms with E-state index in [1.54, 1.807) is 105 Å². The average molecular weight is 616 g/mol. The summed E-state index contributed by atoms with van der Waals surface area (Å²) in [6.45, 7) is 1.78. The predicted molar refractivity (Wildman–Crippen MR) is 172 cm³/mol. The third-order valence-electron chi connectivity index (χ3n) is 6.17. The van der Waals surface area contributed by atoms with E-state index in [0.29, 0.717) is 39.0 Å². The van der Waals surface area contributed by atoms with Crippen LogP contribution in [-0.4, -0.2) is 37.2 Å².